The number of hydrogen-bond donors (Lipinski definition) is 3. The van der Waals surface area contributed by atoms with E-state index in [0.717, 1.165) is 0 Å². The van der Waals surface area contributed by atoms with Crippen LogP contribution in [0.15, 0.2) is 57.8 Å². The average Bonchev–Trinajstić information content (AvgIpc) is 3.08. The predicted octanol–water partition coefficient (Wildman–Crippen LogP) is 1.74. The van der Waals surface area contributed by atoms with E-state index in [1.165, 1.54) is 24.3 Å². The normalized spacial score (nSPS) is 11.7. The van der Waals surface area contributed by atoms with Crippen LogP contribution < -0.4 is 11.1 Å². The van der Waals surface area contributed by atoms with E-state index in [2.05, 4.69) is 20.0 Å². The van der Waals surface area contributed by atoms with Crippen molar-refractivity contribution in [3.8, 4) is 17.1 Å². The van der Waals surface area contributed by atoms with Crippen molar-refractivity contribution in [2.45, 2.75) is 13.0 Å². The van der Waals surface area contributed by atoms with Crippen LogP contribution in [0.2, 0.25) is 0 Å². The third kappa shape index (κ3) is 3.69. The monoisotopic (exact) mass is 353 g/mol. The molecule has 0 radical (unpaired) electrons. The Hall–Kier alpha value is -3.68. The highest BCUT2D eigenvalue weighted by molar-refractivity contribution is 6.04. The Morgan fingerprint density at radius 3 is 2.27 bits per heavy atom. The number of hydrogen-bond acceptors (Lipinski definition) is 6. The van der Waals surface area contributed by atoms with E-state index in [1.54, 1.807) is 31.2 Å². The van der Waals surface area contributed by atoms with Gasteiger partial charge in [-0.15, -0.1) is 0 Å². The molecule has 1 heterocycles. The Kier molecular flexibility index (Phi) is 4.66. The number of aromatic amines is 1. The highest BCUT2D eigenvalue weighted by atomic mass is 16.5. The maximum atomic E-state index is 12.3. The van der Waals surface area contributed by atoms with Gasteiger partial charge in [-0.3, -0.25) is 19.1 Å². The minimum absolute atomic E-state index is 0.0618. The van der Waals surface area contributed by atoms with Gasteiger partial charge in [-0.05, 0) is 43.3 Å². The third-order valence-corrected chi connectivity index (χ3v) is 3.75. The van der Waals surface area contributed by atoms with Gasteiger partial charge in [-0.1, -0.05) is 17.3 Å². The molecule has 0 unspecified atom stereocenters. The molecular formula is C18H15N3O5. The fraction of sp³-hybridized carbons (Fsp3) is 0.111. The minimum atomic E-state index is -0.737. The molecule has 0 aliphatic heterocycles. The molecule has 0 saturated heterocycles. The molecule has 1 atom stereocenters. The second-order valence-electron chi connectivity index (χ2n) is 5.63. The number of H-pyrrole nitrogens is 1. The largest absolute Gasteiger partial charge is 0.508 e. The molecule has 0 aliphatic carbocycles. The predicted molar refractivity (Wildman–Crippen MR) is 91.9 cm³/mol. The highest BCUT2D eigenvalue weighted by Crippen LogP contribution is 2.15. The number of ketones is 1. The van der Waals surface area contributed by atoms with Crippen LogP contribution in [-0.2, 0) is 0 Å². The van der Waals surface area contributed by atoms with Crippen LogP contribution in [0.4, 0.5) is 0 Å². The summed E-state index contributed by atoms with van der Waals surface area (Å²) in [5.41, 5.74) is 1.33. The van der Waals surface area contributed by atoms with E-state index in [9.17, 15) is 19.5 Å². The van der Waals surface area contributed by atoms with Gasteiger partial charge in [-0.25, -0.2) is 4.79 Å². The van der Waals surface area contributed by atoms with Crippen molar-refractivity contribution in [2.24, 2.45) is 0 Å². The average molecular weight is 353 g/mol. The van der Waals surface area contributed by atoms with Gasteiger partial charge in [0.05, 0.1) is 6.04 Å². The maximum Gasteiger partial charge on any atom is 0.439 e. The number of nitrogens with one attached hydrogen (secondary N) is 2. The van der Waals surface area contributed by atoms with Crippen LogP contribution in [0.25, 0.3) is 11.4 Å². The molecule has 2 aromatic carbocycles. The number of carbonyl (C=O) groups is 2. The van der Waals surface area contributed by atoms with Gasteiger partial charge in [0.15, 0.2) is 11.6 Å². The number of aromatic nitrogens is 2. The molecule has 8 nitrogen and oxygen atoms in total. The van der Waals surface area contributed by atoms with Crippen LogP contribution in [-0.4, -0.2) is 33.0 Å². The van der Waals surface area contributed by atoms with Crippen molar-refractivity contribution >= 4 is 11.7 Å². The fourth-order valence-electron chi connectivity index (χ4n) is 2.35. The minimum Gasteiger partial charge on any atom is -0.508 e. The molecule has 26 heavy (non-hydrogen) atoms. The van der Waals surface area contributed by atoms with Crippen LogP contribution in [0.3, 0.4) is 0 Å². The number of Topliss-reactive ketones (excluding diaryl/α,β-unsaturated/α-hetero) is 1. The lowest BCUT2D eigenvalue weighted by atomic mass is 10.0. The van der Waals surface area contributed by atoms with Crippen LogP contribution in [0, 0.1) is 0 Å². The van der Waals surface area contributed by atoms with Gasteiger partial charge in [0.25, 0.3) is 5.91 Å². The second-order valence-corrected chi connectivity index (χ2v) is 5.63. The molecule has 0 saturated carbocycles. The van der Waals surface area contributed by atoms with Crippen LogP contribution in [0.1, 0.15) is 27.6 Å². The molecule has 1 amide bonds. The number of carbonyl (C=O) groups excluding carboxylic acids is 2. The summed E-state index contributed by atoms with van der Waals surface area (Å²) < 4.78 is 4.43. The topological polar surface area (TPSA) is 125 Å². The van der Waals surface area contributed by atoms with E-state index in [-0.39, 0.29) is 17.4 Å². The van der Waals surface area contributed by atoms with Crippen molar-refractivity contribution in [2.75, 3.05) is 0 Å². The first-order valence-corrected chi connectivity index (χ1v) is 7.74. The van der Waals surface area contributed by atoms with Gasteiger partial charge in [-0.2, -0.15) is 0 Å². The molecule has 3 rings (SSSR count). The Morgan fingerprint density at radius 1 is 1.08 bits per heavy atom. The van der Waals surface area contributed by atoms with E-state index in [1.807, 2.05) is 0 Å². The molecule has 0 fully saturated rings. The molecule has 132 valence electrons. The molecule has 0 aliphatic rings. The van der Waals surface area contributed by atoms with Gasteiger partial charge >= 0.3 is 5.76 Å². The van der Waals surface area contributed by atoms with Crippen molar-refractivity contribution in [3.63, 3.8) is 0 Å². The Bertz CT molecular complexity index is 987. The summed E-state index contributed by atoms with van der Waals surface area (Å²) in [6.07, 6.45) is 0. The van der Waals surface area contributed by atoms with E-state index in [0.29, 0.717) is 16.7 Å². The van der Waals surface area contributed by atoms with Crippen molar-refractivity contribution in [1.29, 1.82) is 0 Å². The molecular weight excluding hydrogens is 338 g/mol. The summed E-state index contributed by atoms with van der Waals surface area (Å²) in [6.45, 7) is 1.58. The van der Waals surface area contributed by atoms with Gasteiger partial charge in [0.1, 0.15) is 5.75 Å². The summed E-state index contributed by atoms with van der Waals surface area (Å²) >= 11 is 0. The number of phenols is 1. The number of amides is 1. The Labute approximate surface area is 147 Å². The van der Waals surface area contributed by atoms with Crippen molar-refractivity contribution in [3.05, 3.63) is 70.2 Å². The molecule has 0 bridgehead atoms. The van der Waals surface area contributed by atoms with E-state index < -0.39 is 17.7 Å². The lowest BCUT2D eigenvalue weighted by molar-refractivity contribution is 0.0865. The first kappa shape index (κ1) is 17.2. The van der Waals surface area contributed by atoms with Crippen molar-refractivity contribution < 1.29 is 19.2 Å². The van der Waals surface area contributed by atoms with Gasteiger partial charge < -0.3 is 10.4 Å². The summed E-state index contributed by atoms with van der Waals surface area (Å²) in [6, 6.07) is 11.4. The molecule has 3 aromatic rings. The van der Waals surface area contributed by atoms with Crippen molar-refractivity contribution in [1.82, 2.24) is 15.5 Å². The number of nitrogens with zero attached hydrogens (tertiary/aromatic N) is 1. The molecule has 1 aromatic heterocycles. The van der Waals surface area contributed by atoms with Crippen LogP contribution >= 0.6 is 0 Å². The van der Waals surface area contributed by atoms with E-state index in [4.69, 9.17) is 0 Å². The smallest absolute Gasteiger partial charge is 0.439 e. The van der Waals surface area contributed by atoms with Crippen LogP contribution in [0.5, 0.6) is 5.75 Å². The van der Waals surface area contributed by atoms with E-state index >= 15 is 0 Å². The number of rotatable bonds is 5. The first-order chi connectivity index (χ1) is 12.4. The molecule has 3 N–H and O–H groups in total. The number of phenolic OH excluding ortho intramolecular Hbond substituents is 1. The lowest BCUT2D eigenvalue weighted by Gasteiger charge is -2.13. The highest BCUT2D eigenvalue weighted by Gasteiger charge is 2.18. The van der Waals surface area contributed by atoms with Gasteiger partial charge in [0, 0.05) is 16.7 Å². The first-order valence-electron chi connectivity index (χ1n) is 7.74. The summed E-state index contributed by atoms with van der Waals surface area (Å²) in [5.74, 6) is -1.02. The second kappa shape index (κ2) is 7.06. The third-order valence-electron chi connectivity index (χ3n) is 3.75. The Balaban J connectivity index is 1.68. The molecule has 8 heteroatoms. The summed E-state index contributed by atoms with van der Waals surface area (Å²) in [5, 5.41) is 15.5. The fourth-order valence-corrected chi connectivity index (χ4v) is 2.35. The Morgan fingerprint density at radius 2 is 1.69 bits per heavy atom. The number of aromatic hydroxyl groups is 1. The number of benzene rings is 2. The SMILES string of the molecule is C[C@H](NC(=O)c1ccc(-c2noc(=O)[nH]2)cc1)C(=O)c1ccc(O)cc1. The standard InChI is InChI=1S/C18H15N3O5/c1-10(15(23)11-6-8-14(22)9-7-11)19-17(24)13-4-2-12(3-5-13)16-20-18(25)26-21-16/h2-10,22H,1H3,(H,19,24)(H,20,21,25)/t10-/m0/s1. The summed E-state index contributed by atoms with van der Waals surface area (Å²) in [4.78, 5) is 38.0. The zero-order chi connectivity index (χ0) is 18.7. The summed E-state index contributed by atoms with van der Waals surface area (Å²) in [7, 11) is 0. The zero-order valence-corrected chi connectivity index (χ0v) is 13.7. The molecule has 0 spiro atoms. The zero-order valence-electron chi connectivity index (χ0n) is 13.7. The maximum absolute atomic E-state index is 12.3. The van der Waals surface area contributed by atoms with Gasteiger partial charge in [0.2, 0.25) is 0 Å². The lowest BCUT2D eigenvalue weighted by Crippen LogP contribution is -2.38. The quantitative estimate of drug-likeness (QED) is 0.600.